The van der Waals surface area contributed by atoms with Gasteiger partial charge in [-0.05, 0) is 62.1 Å². The van der Waals surface area contributed by atoms with Crippen molar-refractivity contribution in [3.05, 3.63) is 35.4 Å². The molecule has 0 spiro atoms. The zero-order valence-electron chi connectivity index (χ0n) is 21.2. The fourth-order valence-corrected chi connectivity index (χ4v) is 4.86. The van der Waals surface area contributed by atoms with Crippen LogP contribution in [0.25, 0.3) is 0 Å². The average Bonchev–Trinajstić information content (AvgIpc) is 2.87. The Balaban J connectivity index is 0.00000199. The third-order valence-corrected chi connectivity index (χ3v) is 6.85. The van der Waals surface area contributed by atoms with Crippen molar-refractivity contribution in [3.63, 3.8) is 0 Å². The topological polar surface area (TPSA) is 95.9 Å². The zero-order valence-corrected chi connectivity index (χ0v) is 21.2. The zero-order chi connectivity index (χ0) is 25.1. The highest BCUT2D eigenvalue weighted by molar-refractivity contribution is 5.88. The normalized spacial score (nSPS) is 18.9. The van der Waals surface area contributed by atoms with E-state index < -0.39 is 12.0 Å². The molecular weight excluding hydrogens is 432 g/mol. The van der Waals surface area contributed by atoms with E-state index in [-0.39, 0.29) is 23.5 Å². The van der Waals surface area contributed by atoms with Crippen molar-refractivity contribution in [3.8, 4) is 0 Å². The third-order valence-electron chi connectivity index (χ3n) is 6.85. The van der Waals surface area contributed by atoms with E-state index in [1.54, 1.807) is 12.1 Å². The number of amides is 2. The molecule has 1 saturated carbocycles. The first-order valence-corrected chi connectivity index (χ1v) is 12.9. The number of hydrogen-bond acceptors (Lipinski definition) is 4. The molecule has 0 bridgehead atoms. The van der Waals surface area contributed by atoms with E-state index in [9.17, 15) is 14.4 Å². The molecule has 2 amide bonds. The van der Waals surface area contributed by atoms with Gasteiger partial charge < -0.3 is 20.1 Å². The van der Waals surface area contributed by atoms with Crippen LogP contribution < -0.4 is 5.32 Å². The molecule has 1 aromatic carbocycles. The van der Waals surface area contributed by atoms with E-state index >= 15 is 0 Å². The lowest BCUT2D eigenvalue weighted by Gasteiger charge is -2.36. The summed E-state index contributed by atoms with van der Waals surface area (Å²) in [5.74, 6) is -0.412. The summed E-state index contributed by atoms with van der Waals surface area (Å²) in [6.07, 6.45) is 7.35. The van der Waals surface area contributed by atoms with Crippen LogP contribution in [0.2, 0.25) is 0 Å². The van der Waals surface area contributed by atoms with Gasteiger partial charge >= 0.3 is 5.97 Å². The van der Waals surface area contributed by atoms with Gasteiger partial charge in [0.25, 0.3) is 0 Å². The summed E-state index contributed by atoms with van der Waals surface area (Å²) >= 11 is 0. The van der Waals surface area contributed by atoms with Crippen molar-refractivity contribution >= 4 is 17.8 Å². The number of carboxylic acids is 1. The minimum absolute atomic E-state index is 0.0870. The molecule has 2 fully saturated rings. The van der Waals surface area contributed by atoms with E-state index in [0.717, 1.165) is 18.4 Å². The summed E-state index contributed by atoms with van der Waals surface area (Å²) < 4.78 is 6.07. The number of hydrogen-bond donors (Lipinski definition) is 2. The van der Waals surface area contributed by atoms with Crippen molar-refractivity contribution in [2.45, 2.75) is 90.7 Å². The largest absolute Gasteiger partial charge is 0.478 e. The van der Waals surface area contributed by atoms with Gasteiger partial charge in [0.15, 0.2) is 0 Å². The molecule has 1 aliphatic carbocycles. The lowest BCUT2D eigenvalue weighted by molar-refractivity contribution is -0.141. The molecule has 2 unspecified atom stereocenters. The Labute approximate surface area is 204 Å². The molecular formula is C27H42N2O5. The van der Waals surface area contributed by atoms with Gasteiger partial charge in [-0.15, -0.1) is 0 Å². The maximum absolute atomic E-state index is 13.3. The van der Waals surface area contributed by atoms with Crippen molar-refractivity contribution in [2.75, 3.05) is 19.7 Å². The van der Waals surface area contributed by atoms with E-state index in [4.69, 9.17) is 9.84 Å². The SMILES string of the molecule is CC.CC(=O)NC(C(=O)N1CCC(c2ccc(C(=O)O)cc2)CC1)C(C)OCC1CCCCC1. The summed E-state index contributed by atoms with van der Waals surface area (Å²) in [7, 11) is 0. The maximum atomic E-state index is 13.3. The van der Waals surface area contributed by atoms with Crippen LogP contribution in [-0.2, 0) is 14.3 Å². The Morgan fingerprint density at radius 3 is 2.15 bits per heavy atom. The highest BCUT2D eigenvalue weighted by Crippen LogP contribution is 2.29. The van der Waals surface area contributed by atoms with Crippen LogP contribution >= 0.6 is 0 Å². The second kappa shape index (κ2) is 14.1. The molecule has 1 saturated heterocycles. The van der Waals surface area contributed by atoms with Gasteiger partial charge in [-0.3, -0.25) is 9.59 Å². The molecule has 34 heavy (non-hydrogen) atoms. The summed E-state index contributed by atoms with van der Waals surface area (Å²) in [5.41, 5.74) is 1.38. The summed E-state index contributed by atoms with van der Waals surface area (Å²) in [6, 6.07) is 6.32. The number of nitrogens with one attached hydrogen (secondary N) is 1. The standard InChI is InChI=1S/C25H36N2O5.C2H6/c1-17(32-16-19-6-4-3-5-7-19)23(26-18(2)28)24(29)27-14-12-21(13-15-27)20-8-10-22(11-9-20)25(30)31;1-2/h8-11,17,19,21,23H,3-7,12-16H2,1-2H3,(H,26,28)(H,30,31);1-2H3. The first kappa shape index (κ1) is 27.8. The van der Waals surface area contributed by atoms with Gasteiger partial charge in [0.1, 0.15) is 6.04 Å². The molecule has 1 aromatic rings. The average molecular weight is 475 g/mol. The molecule has 0 radical (unpaired) electrons. The molecule has 7 nitrogen and oxygen atoms in total. The molecule has 2 atom stereocenters. The Morgan fingerprint density at radius 1 is 1.03 bits per heavy atom. The second-order valence-electron chi connectivity index (χ2n) is 9.25. The van der Waals surface area contributed by atoms with E-state index in [2.05, 4.69) is 5.32 Å². The molecule has 0 aromatic heterocycles. The number of carboxylic acid groups (broad SMARTS) is 1. The molecule has 2 N–H and O–H groups in total. The van der Waals surface area contributed by atoms with Crippen LogP contribution in [0.3, 0.4) is 0 Å². The van der Waals surface area contributed by atoms with Crippen molar-refractivity contribution in [1.29, 1.82) is 0 Å². The third kappa shape index (κ3) is 8.12. The number of likely N-dealkylation sites (tertiary alicyclic amines) is 1. The number of benzene rings is 1. The van der Waals surface area contributed by atoms with Crippen LogP contribution in [0, 0.1) is 5.92 Å². The number of rotatable bonds is 8. The highest BCUT2D eigenvalue weighted by Gasteiger charge is 2.33. The van der Waals surface area contributed by atoms with Gasteiger partial charge in [0.05, 0.1) is 11.7 Å². The molecule has 190 valence electrons. The van der Waals surface area contributed by atoms with Crippen molar-refractivity contribution in [1.82, 2.24) is 10.2 Å². The lowest BCUT2D eigenvalue weighted by atomic mass is 9.88. The number of carbonyl (C=O) groups is 3. The molecule has 3 rings (SSSR count). The molecule has 1 heterocycles. The van der Waals surface area contributed by atoms with E-state index in [1.165, 1.54) is 39.0 Å². The van der Waals surface area contributed by atoms with Gasteiger partial charge in [-0.25, -0.2) is 4.79 Å². The second-order valence-corrected chi connectivity index (χ2v) is 9.25. The monoisotopic (exact) mass is 474 g/mol. The van der Waals surface area contributed by atoms with Crippen molar-refractivity contribution in [2.24, 2.45) is 5.92 Å². The number of aromatic carboxylic acids is 1. The molecule has 7 heteroatoms. The summed E-state index contributed by atoms with van der Waals surface area (Å²) in [5, 5.41) is 11.9. The van der Waals surface area contributed by atoms with Crippen LogP contribution in [-0.4, -0.2) is 59.6 Å². The number of carbonyl (C=O) groups excluding carboxylic acids is 2. The van der Waals surface area contributed by atoms with Gasteiger partial charge in [-0.1, -0.05) is 45.2 Å². The fourth-order valence-electron chi connectivity index (χ4n) is 4.86. The van der Waals surface area contributed by atoms with E-state index in [0.29, 0.717) is 31.5 Å². The first-order chi connectivity index (χ1) is 16.3. The predicted octanol–water partition coefficient (Wildman–Crippen LogP) is 4.61. The maximum Gasteiger partial charge on any atom is 0.335 e. The molecule has 1 aliphatic heterocycles. The summed E-state index contributed by atoms with van der Waals surface area (Å²) in [6.45, 7) is 9.16. The highest BCUT2D eigenvalue weighted by atomic mass is 16.5. The Bertz CT molecular complexity index is 781. The summed E-state index contributed by atoms with van der Waals surface area (Å²) in [4.78, 5) is 37.9. The Hall–Kier alpha value is -2.41. The minimum atomic E-state index is -0.930. The van der Waals surface area contributed by atoms with Crippen LogP contribution in [0.15, 0.2) is 24.3 Å². The predicted molar refractivity (Wildman–Crippen MR) is 133 cm³/mol. The van der Waals surface area contributed by atoms with E-state index in [1.807, 2.05) is 37.8 Å². The quantitative estimate of drug-likeness (QED) is 0.574. The van der Waals surface area contributed by atoms with Crippen molar-refractivity contribution < 1.29 is 24.2 Å². The Kier molecular flexibility index (Phi) is 11.5. The number of piperidine rings is 1. The van der Waals surface area contributed by atoms with Crippen LogP contribution in [0.1, 0.15) is 94.5 Å². The first-order valence-electron chi connectivity index (χ1n) is 12.9. The van der Waals surface area contributed by atoms with Crippen LogP contribution in [0.4, 0.5) is 0 Å². The number of ether oxygens (including phenoxy) is 1. The van der Waals surface area contributed by atoms with Gasteiger partial charge in [-0.2, -0.15) is 0 Å². The molecule has 2 aliphatic rings. The van der Waals surface area contributed by atoms with Gasteiger partial charge in [0, 0.05) is 26.6 Å². The van der Waals surface area contributed by atoms with Crippen LogP contribution in [0.5, 0.6) is 0 Å². The smallest absolute Gasteiger partial charge is 0.335 e. The Morgan fingerprint density at radius 2 is 1.62 bits per heavy atom. The van der Waals surface area contributed by atoms with Gasteiger partial charge in [0.2, 0.25) is 11.8 Å². The fraction of sp³-hybridized carbons (Fsp3) is 0.667. The minimum Gasteiger partial charge on any atom is -0.478 e. The lowest BCUT2D eigenvalue weighted by Crippen LogP contribution is -2.55. The number of nitrogens with zero attached hydrogens (tertiary/aromatic N) is 1.